The maximum absolute atomic E-state index is 14.6. The lowest BCUT2D eigenvalue weighted by Crippen LogP contribution is -2.63. The van der Waals surface area contributed by atoms with E-state index in [9.17, 15) is 82.1 Å². The van der Waals surface area contributed by atoms with Gasteiger partial charge < -0.3 is 120 Å². The first kappa shape index (κ1) is 94.5. The van der Waals surface area contributed by atoms with Crippen molar-refractivity contribution in [1.82, 2.24) is 58.5 Å². The molecular formula is C65H120N22O17. The first-order valence-electron chi connectivity index (χ1n) is 35.2. The molecule has 0 aliphatic heterocycles. The van der Waals surface area contributed by atoms with Gasteiger partial charge in [-0.3, -0.25) is 77.1 Å². The molecule has 0 saturated carbocycles. The molecule has 0 aliphatic rings. The normalized spacial score (nSPS) is 15.5. The first-order valence-corrected chi connectivity index (χ1v) is 35.2. The van der Waals surface area contributed by atoms with Gasteiger partial charge in [0.05, 0.1) is 25.0 Å². The molecule has 39 nitrogen and oxygen atoms in total. The molecule has 104 heavy (non-hydrogen) atoms. The second-order valence-electron chi connectivity index (χ2n) is 27.3. The number of aliphatic hydroxyl groups excluding tert-OH is 1. The van der Waals surface area contributed by atoms with Gasteiger partial charge in [-0.25, -0.2) is 4.79 Å². The predicted molar refractivity (Wildman–Crippen MR) is 385 cm³/mol. The average molecular weight is 1480 g/mol. The van der Waals surface area contributed by atoms with Crippen molar-refractivity contribution in [3.8, 4) is 0 Å². The average Bonchev–Trinajstić information content (AvgIpc) is 0.851. The quantitative estimate of drug-likeness (QED) is 0.0153. The van der Waals surface area contributed by atoms with Crippen molar-refractivity contribution < 1.29 is 82.1 Å². The highest BCUT2D eigenvalue weighted by Gasteiger charge is 2.40. The number of carboxylic acid groups (broad SMARTS) is 1. The van der Waals surface area contributed by atoms with Gasteiger partial charge in [0.25, 0.3) is 0 Å². The van der Waals surface area contributed by atoms with Crippen LogP contribution < -0.4 is 110 Å². The van der Waals surface area contributed by atoms with Crippen LogP contribution in [0.25, 0.3) is 0 Å². The number of hydrogen-bond acceptors (Lipinski definition) is 20. The van der Waals surface area contributed by atoms with Gasteiger partial charge in [0.15, 0.2) is 11.9 Å². The summed E-state index contributed by atoms with van der Waals surface area (Å²) in [4.78, 5) is 212. The van der Waals surface area contributed by atoms with Crippen molar-refractivity contribution in [3.05, 3.63) is 0 Å². The van der Waals surface area contributed by atoms with Crippen LogP contribution in [0.4, 0.5) is 0 Å². The Morgan fingerprint density at radius 2 is 0.663 bits per heavy atom. The summed E-state index contributed by atoms with van der Waals surface area (Å²) in [5.41, 5.74) is 49.8. The molecule has 0 fully saturated rings. The molecule has 0 aliphatic carbocycles. The van der Waals surface area contributed by atoms with Crippen LogP contribution in [0.2, 0.25) is 0 Å². The van der Waals surface area contributed by atoms with Crippen LogP contribution in [-0.2, 0) is 71.9 Å². The fourth-order valence-corrected chi connectivity index (χ4v) is 10.4. The highest BCUT2D eigenvalue weighted by Crippen LogP contribution is 2.17. The number of aliphatic carboxylic acids is 1. The number of rotatable bonds is 53. The summed E-state index contributed by atoms with van der Waals surface area (Å²) in [6.45, 7) is 18.4. The van der Waals surface area contributed by atoms with Crippen molar-refractivity contribution in [3.63, 3.8) is 0 Å². The lowest BCUT2D eigenvalue weighted by Gasteiger charge is -2.31. The highest BCUT2D eigenvalue weighted by atomic mass is 16.4. The van der Waals surface area contributed by atoms with Gasteiger partial charge >= 0.3 is 5.97 Å². The minimum Gasteiger partial charge on any atom is -0.480 e. The molecule has 31 N–H and O–H groups in total. The summed E-state index contributed by atoms with van der Waals surface area (Å²) >= 11 is 0. The summed E-state index contributed by atoms with van der Waals surface area (Å²) in [7, 11) is 0. The van der Waals surface area contributed by atoms with Gasteiger partial charge in [-0.2, -0.15) is 0 Å². The molecule has 0 aromatic rings. The Bertz CT molecular complexity index is 2930. The number of carboxylic acids is 1. The molecule has 15 atom stereocenters. The van der Waals surface area contributed by atoms with E-state index in [1.807, 2.05) is 0 Å². The third-order valence-electron chi connectivity index (χ3n) is 16.5. The smallest absolute Gasteiger partial charge is 0.326 e. The molecule has 14 amide bonds. The van der Waals surface area contributed by atoms with Gasteiger partial charge in [0, 0.05) is 19.5 Å². The van der Waals surface area contributed by atoms with Crippen molar-refractivity contribution in [2.24, 2.45) is 91.2 Å². The van der Waals surface area contributed by atoms with Crippen LogP contribution in [0, 0.1) is 29.6 Å². The lowest BCUT2D eigenvalue weighted by atomic mass is 9.96. The Morgan fingerprint density at radius 3 is 1.04 bits per heavy atom. The largest absolute Gasteiger partial charge is 0.480 e. The van der Waals surface area contributed by atoms with E-state index in [4.69, 9.17) is 51.6 Å². The molecule has 0 heterocycles. The van der Waals surface area contributed by atoms with Crippen LogP contribution in [0.15, 0.2) is 9.98 Å². The number of guanidine groups is 2. The van der Waals surface area contributed by atoms with Gasteiger partial charge in [0.1, 0.15) is 66.5 Å². The van der Waals surface area contributed by atoms with Crippen LogP contribution in [0.3, 0.4) is 0 Å². The minimum absolute atomic E-state index is 0.0504. The van der Waals surface area contributed by atoms with E-state index >= 15 is 0 Å². The van der Waals surface area contributed by atoms with Gasteiger partial charge in [-0.15, -0.1) is 0 Å². The van der Waals surface area contributed by atoms with E-state index in [0.717, 1.165) is 6.92 Å². The standard InChI is InChI=1S/C65H120N22O17/c1-12-34(9)49(85-52(92)37(67)18-16-24-75-64(71)72)60(100)78-39(21-22-46(68)89)53(93)83-44(29-47(69)90)58(98)82-43(28-33(7)8)57(97)80-41(26-31(3)4)55(95)77-38(19-14-15-23-66)54(94)86-50(35(10)13-2)61(101)87-51(36(11)88)62(102)84-45(30-48(70)91)59(99)81-42(27-32(5)6)56(96)79-40(63(103)104)20-17-25-76-65(73)74/h31-45,49-51,88H,12-30,66-67H2,1-11H3,(H2,68,89)(H2,69,90)(H2,70,91)(H,77,95)(H,78,100)(H,79,96)(H,80,97)(H,81,99)(H,82,98)(H,83,93)(H,84,102)(H,85,92)(H,86,94)(H,87,101)(H,103,104)(H4,71,72,75)(H4,73,74,76)/t34-,35-,36+,37-,38-,39-,40-,41-,42-,43-,44-,45-,49-,50-,51-/m0/s1. The summed E-state index contributed by atoms with van der Waals surface area (Å²) in [6, 6.07) is -18.3. The fraction of sp³-hybridized carbons (Fsp3) is 0.738. The second-order valence-corrected chi connectivity index (χ2v) is 27.3. The molecule has 0 unspecified atom stereocenters. The van der Waals surface area contributed by atoms with Crippen molar-refractivity contribution in [1.29, 1.82) is 0 Å². The topological polar surface area (TPSA) is 688 Å². The second kappa shape index (κ2) is 49.2. The van der Waals surface area contributed by atoms with E-state index in [-0.39, 0.29) is 107 Å². The van der Waals surface area contributed by atoms with Crippen LogP contribution in [0.5, 0.6) is 0 Å². The van der Waals surface area contributed by atoms with Crippen LogP contribution in [-0.4, -0.2) is 209 Å². The number of aliphatic hydroxyl groups is 1. The van der Waals surface area contributed by atoms with Gasteiger partial charge in [-0.1, -0.05) is 82.1 Å². The van der Waals surface area contributed by atoms with E-state index in [2.05, 4.69) is 68.5 Å². The Morgan fingerprint density at radius 1 is 0.356 bits per heavy atom. The zero-order valence-electron chi connectivity index (χ0n) is 61.9. The molecule has 0 aromatic carbocycles. The zero-order valence-corrected chi connectivity index (χ0v) is 61.9. The summed E-state index contributed by atoms with van der Waals surface area (Å²) in [6.07, 6.45) is -2.97. The number of nitrogens with two attached hydrogens (primary N) is 9. The number of unbranched alkanes of at least 4 members (excludes halogenated alkanes) is 1. The lowest BCUT2D eigenvalue weighted by molar-refractivity contribution is -0.143. The number of nitrogens with one attached hydrogen (secondary N) is 11. The van der Waals surface area contributed by atoms with Crippen molar-refractivity contribution in [2.45, 2.75) is 258 Å². The summed E-state index contributed by atoms with van der Waals surface area (Å²) < 4.78 is 0. The Kier molecular flexibility index (Phi) is 44.7. The Balaban J connectivity index is 7.06. The number of hydrogen-bond donors (Lipinski definition) is 22. The number of carbonyl (C=O) groups is 15. The first-order chi connectivity index (χ1) is 48.5. The summed E-state index contributed by atoms with van der Waals surface area (Å²) in [5.74, 6) is -17.9. The monoisotopic (exact) mass is 1480 g/mol. The molecule has 0 saturated heterocycles. The maximum Gasteiger partial charge on any atom is 0.326 e. The third-order valence-corrected chi connectivity index (χ3v) is 16.5. The maximum atomic E-state index is 14.6. The molecular weight excluding hydrogens is 1360 g/mol. The zero-order chi connectivity index (χ0) is 79.8. The van der Waals surface area contributed by atoms with Crippen LogP contribution in [0.1, 0.15) is 179 Å². The molecule has 0 rings (SSSR count). The summed E-state index contributed by atoms with van der Waals surface area (Å²) in [5, 5.41) is 48.3. The predicted octanol–water partition coefficient (Wildman–Crippen LogP) is -6.41. The van der Waals surface area contributed by atoms with Gasteiger partial charge in [0.2, 0.25) is 82.7 Å². The van der Waals surface area contributed by atoms with E-state index in [0.29, 0.717) is 19.3 Å². The molecule has 0 spiro atoms. The molecule has 39 heteroatoms. The molecule has 0 radical (unpaired) electrons. The van der Waals surface area contributed by atoms with E-state index in [1.54, 1.807) is 69.2 Å². The molecule has 592 valence electrons. The van der Waals surface area contributed by atoms with Crippen molar-refractivity contribution in [2.75, 3.05) is 19.6 Å². The highest BCUT2D eigenvalue weighted by molar-refractivity contribution is 6.01. The Labute approximate surface area is 607 Å². The van der Waals surface area contributed by atoms with Crippen molar-refractivity contribution >= 4 is 101 Å². The van der Waals surface area contributed by atoms with Gasteiger partial charge in [-0.05, 0) is 114 Å². The molecule has 0 bridgehead atoms. The van der Waals surface area contributed by atoms with Crippen LogP contribution >= 0.6 is 0 Å². The number of aliphatic imine (C=N–C) groups is 2. The Hall–Kier alpha value is -9.53. The third kappa shape index (κ3) is 38.1. The number of carbonyl (C=O) groups excluding carboxylic acids is 14. The SMILES string of the molecule is CC[C@H](C)[C@H](NC(=O)[C@H](CCCCN)NC(=O)[C@H](CC(C)C)NC(=O)[C@H](CC(C)C)NC(=O)[C@H](CC(N)=O)NC(=O)[C@H](CCC(N)=O)NC(=O)[C@@H](NC(=O)[C@@H](N)CCCN=C(N)N)[C@@H](C)CC)C(=O)N[C@H](C(=O)N[C@@H](CC(N)=O)C(=O)N[C@@H](CC(C)C)C(=O)N[C@@H](CCCN=C(N)N)C(=O)O)[C@@H](C)O. The molecule has 0 aromatic heterocycles. The van der Waals surface area contributed by atoms with E-state index in [1.165, 1.54) is 0 Å². The minimum atomic E-state index is -1.90. The number of amides is 14. The number of primary amides is 3. The number of nitrogens with zero attached hydrogens (tertiary/aromatic N) is 2. The fourth-order valence-electron chi connectivity index (χ4n) is 10.4. The van der Waals surface area contributed by atoms with E-state index < -0.39 is 205 Å².